The van der Waals surface area contributed by atoms with E-state index in [2.05, 4.69) is 13.0 Å². The molecule has 0 amide bonds. The number of allylic oxidation sites excluding steroid dienone is 2. The number of unbranched alkanes of at least 4 members (excludes halogenated alkanes) is 1. The maximum Gasteiger partial charge on any atom is 0.201 e. The SMILES string of the molecule is CCCCC1CCC(CCC2=CCc3cc(-c4ccc(OC)c(F)c4F)c(F)cc3C2)CC1. The molecule has 2 aliphatic rings. The zero-order valence-electron chi connectivity index (χ0n) is 19.9. The lowest BCUT2D eigenvalue weighted by Gasteiger charge is -2.29. The number of ether oxygens (including phenoxy) is 1. The van der Waals surface area contributed by atoms with Gasteiger partial charge in [-0.3, -0.25) is 0 Å². The molecule has 0 atom stereocenters. The molecule has 4 rings (SSSR count). The summed E-state index contributed by atoms with van der Waals surface area (Å²) in [6, 6.07) is 5.91. The van der Waals surface area contributed by atoms with Crippen LogP contribution in [0.3, 0.4) is 0 Å². The Morgan fingerprint density at radius 3 is 2.30 bits per heavy atom. The zero-order chi connectivity index (χ0) is 23.4. The van der Waals surface area contributed by atoms with Gasteiger partial charge < -0.3 is 4.74 Å². The Kier molecular flexibility index (Phi) is 7.82. The summed E-state index contributed by atoms with van der Waals surface area (Å²) >= 11 is 0. The second kappa shape index (κ2) is 10.8. The molecule has 0 saturated heterocycles. The molecule has 0 radical (unpaired) electrons. The average molecular weight is 457 g/mol. The summed E-state index contributed by atoms with van der Waals surface area (Å²) in [5, 5.41) is 0. The highest BCUT2D eigenvalue weighted by atomic mass is 19.2. The van der Waals surface area contributed by atoms with E-state index in [1.807, 2.05) is 0 Å². The minimum absolute atomic E-state index is 0.0714. The van der Waals surface area contributed by atoms with Crippen molar-refractivity contribution >= 4 is 0 Å². The van der Waals surface area contributed by atoms with E-state index >= 15 is 0 Å². The summed E-state index contributed by atoms with van der Waals surface area (Å²) in [5.41, 5.74) is 3.36. The van der Waals surface area contributed by atoms with E-state index in [-0.39, 0.29) is 16.9 Å². The Bertz CT molecular complexity index is 1000. The van der Waals surface area contributed by atoms with Crippen molar-refractivity contribution < 1.29 is 17.9 Å². The number of fused-ring (bicyclic) bond motifs is 1. The lowest BCUT2D eigenvalue weighted by Crippen LogP contribution is -2.15. The monoisotopic (exact) mass is 456 g/mol. The molecule has 178 valence electrons. The molecule has 1 fully saturated rings. The minimum Gasteiger partial charge on any atom is -0.494 e. The molecular weight excluding hydrogens is 421 g/mol. The standard InChI is InChI=1S/C29H35F3O/c1-3-4-5-19-6-8-20(9-7-19)10-11-21-12-13-22-17-25(26(30)18-23(22)16-21)24-14-15-27(33-2)29(32)28(24)31/h12,14-15,17-20H,3-11,13,16H2,1-2H3. The number of halogens is 3. The minimum atomic E-state index is -1.09. The highest BCUT2D eigenvalue weighted by molar-refractivity contribution is 5.68. The summed E-state index contributed by atoms with van der Waals surface area (Å²) in [4.78, 5) is 0. The van der Waals surface area contributed by atoms with E-state index in [9.17, 15) is 13.2 Å². The van der Waals surface area contributed by atoms with Crippen LogP contribution in [0.15, 0.2) is 35.9 Å². The highest BCUT2D eigenvalue weighted by Crippen LogP contribution is 2.37. The fraction of sp³-hybridized carbons (Fsp3) is 0.517. The third-order valence-electron chi connectivity index (χ3n) is 7.68. The first kappa shape index (κ1) is 23.9. The van der Waals surface area contributed by atoms with Gasteiger partial charge in [0.05, 0.1) is 7.11 Å². The Morgan fingerprint density at radius 2 is 1.61 bits per heavy atom. The van der Waals surface area contributed by atoms with Gasteiger partial charge in [0.15, 0.2) is 11.6 Å². The number of hydrogen-bond acceptors (Lipinski definition) is 1. The molecule has 2 aliphatic carbocycles. The van der Waals surface area contributed by atoms with E-state index in [0.29, 0.717) is 6.42 Å². The Hall–Kier alpha value is -2.23. The van der Waals surface area contributed by atoms with Crippen molar-refractivity contribution in [1.82, 2.24) is 0 Å². The second-order valence-electron chi connectivity index (χ2n) is 9.86. The van der Waals surface area contributed by atoms with Crippen LogP contribution >= 0.6 is 0 Å². The Morgan fingerprint density at radius 1 is 0.879 bits per heavy atom. The molecule has 4 heteroatoms. The maximum atomic E-state index is 14.9. The molecule has 0 spiro atoms. The number of benzene rings is 2. The number of rotatable bonds is 8. The zero-order valence-corrected chi connectivity index (χ0v) is 19.9. The van der Waals surface area contributed by atoms with Gasteiger partial charge >= 0.3 is 0 Å². The summed E-state index contributed by atoms with van der Waals surface area (Å²) in [5.74, 6) is -1.11. The van der Waals surface area contributed by atoms with Crippen LogP contribution in [0, 0.1) is 29.3 Å². The summed E-state index contributed by atoms with van der Waals surface area (Å²) < 4.78 is 48.5. The van der Waals surface area contributed by atoms with Gasteiger partial charge in [-0.2, -0.15) is 4.39 Å². The molecule has 0 aromatic heterocycles. The van der Waals surface area contributed by atoms with Crippen molar-refractivity contribution in [3.05, 3.63) is 64.5 Å². The molecule has 1 saturated carbocycles. The molecule has 2 aromatic carbocycles. The van der Waals surface area contributed by atoms with Gasteiger partial charge in [-0.25, -0.2) is 8.78 Å². The lowest BCUT2D eigenvalue weighted by atomic mass is 9.77. The van der Waals surface area contributed by atoms with Crippen LogP contribution in [-0.4, -0.2) is 7.11 Å². The van der Waals surface area contributed by atoms with Crippen molar-refractivity contribution in [2.75, 3.05) is 7.11 Å². The predicted molar refractivity (Wildman–Crippen MR) is 128 cm³/mol. The third-order valence-corrected chi connectivity index (χ3v) is 7.68. The van der Waals surface area contributed by atoms with E-state index < -0.39 is 17.5 Å². The van der Waals surface area contributed by atoms with Crippen LogP contribution in [0.4, 0.5) is 13.2 Å². The van der Waals surface area contributed by atoms with Crippen LogP contribution in [0.2, 0.25) is 0 Å². The van der Waals surface area contributed by atoms with Gasteiger partial charge in [0.2, 0.25) is 5.82 Å². The molecule has 0 unspecified atom stereocenters. The van der Waals surface area contributed by atoms with Crippen LogP contribution in [0.25, 0.3) is 11.1 Å². The van der Waals surface area contributed by atoms with Crippen molar-refractivity contribution in [2.45, 2.75) is 77.6 Å². The van der Waals surface area contributed by atoms with Crippen molar-refractivity contribution in [3.63, 3.8) is 0 Å². The fourth-order valence-corrected chi connectivity index (χ4v) is 5.57. The fourth-order valence-electron chi connectivity index (χ4n) is 5.57. The van der Waals surface area contributed by atoms with Gasteiger partial charge in [0.25, 0.3) is 0 Å². The summed E-state index contributed by atoms with van der Waals surface area (Å²) in [6.45, 7) is 2.27. The first-order chi connectivity index (χ1) is 16.0. The largest absolute Gasteiger partial charge is 0.494 e. The molecule has 0 aliphatic heterocycles. The normalized spacial score (nSPS) is 20.3. The van der Waals surface area contributed by atoms with Crippen molar-refractivity contribution in [1.29, 1.82) is 0 Å². The third kappa shape index (κ3) is 5.47. The maximum absolute atomic E-state index is 14.9. The molecule has 1 nitrogen and oxygen atoms in total. The summed E-state index contributed by atoms with van der Waals surface area (Å²) in [6.07, 6.45) is 15.5. The van der Waals surface area contributed by atoms with E-state index in [1.165, 1.54) is 82.2 Å². The van der Waals surface area contributed by atoms with Crippen molar-refractivity contribution in [2.24, 2.45) is 11.8 Å². The average Bonchev–Trinajstić information content (AvgIpc) is 2.83. The quantitative estimate of drug-likeness (QED) is 0.361. The lowest BCUT2D eigenvalue weighted by molar-refractivity contribution is 0.249. The molecule has 0 N–H and O–H groups in total. The molecule has 33 heavy (non-hydrogen) atoms. The Balaban J connectivity index is 1.39. The topological polar surface area (TPSA) is 9.23 Å². The molecule has 2 aromatic rings. The van der Waals surface area contributed by atoms with Crippen LogP contribution < -0.4 is 4.74 Å². The molecule has 0 bridgehead atoms. The van der Waals surface area contributed by atoms with E-state index in [0.717, 1.165) is 35.8 Å². The van der Waals surface area contributed by atoms with Crippen LogP contribution in [0.5, 0.6) is 5.75 Å². The summed E-state index contributed by atoms with van der Waals surface area (Å²) in [7, 11) is 1.28. The Labute approximate surface area is 196 Å². The van der Waals surface area contributed by atoms with Crippen LogP contribution in [0.1, 0.15) is 75.8 Å². The first-order valence-electron chi connectivity index (χ1n) is 12.5. The van der Waals surface area contributed by atoms with Gasteiger partial charge in [-0.15, -0.1) is 0 Å². The molecule has 0 heterocycles. The van der Waals surface area contributed by atoms with E-state index in [4.69, 9.17) is 4.74 Å². The number of hydrogen-bond donors (Lipinski definition) is 0. The van der Waals surface area contributed by atoms with E-state index in [1.54, 1.807) is 6.07 Å². The smallest absolute Gasteiger partial charge is 0.201 e. The van der Waals surface area contributed by atoms with Gasteiger partial charge in [0, 0.05) is 11.1 Å². The van der Waals surface area contributed by atoms with Gasteiger partial charge in [-0.1, -0.05) is 63.5 Å². The highest BCUT2D eigenvalue weighted by Gasteiger charge is 2.23. The molecular formula is C29H35F3O. The second-order valence-corrected chi connectivity index (χ2v) is 9.86. The van der Waals surface area contributed by atoms with Crippen LogP contribution in [-0.2, 0) is 12.8 Å². The van der Waals surface area contributed by atoms with Crippen molar-refractivity contribution in [3.8, 4) is 16.9 Å². The number of methoxy groups -OCH3 is 1. The predicted octanol–water partition coefficient (Wildman–Crippen LogP) is 8.58. The first-order valence-corrected chi connectivity index (χ1v) is 12.5. The van der Waals surface area contributed by atoms with Gasteiger partial charge in [0.1, 0.15) is 5.82 Å². The van der Waals surface area contributed by atoms with Gasteiger partial charge in [-0.05, 0) is 72.9 Å².